The Balaban J connectivity index is 1.35. The van der Waals surface area contributed by atoms with Gasteiger partial charge in [0, 0.05) is 42.9 Å². The van der Waals surface area contributed by atoms with Crippen LogP contribution in [0.3, 0.4) is 0 Å². The summed E-state index contributed by atoms with van der Waals surface area (Å²) < 4.78 is 5.04. The summed E-state index contributed by atoms with van der Waals surface area (Å²) in [6.45, 7) is 5.12. The molecule has 0 aromatic carbocycles. The molecule has 0 spiro atoms. The minimum absolute atomic E-state index is 0.235. The number of aromatic nitrogens is 3. The number of allylic oxidation sites excluding steroid dienone is 1. The molecule has 168 valence electrons. The van der Waals surface area contributed by atoms with E-state index in [0.717, 1.165) is 42.8 Å². The Morgan fingerprint density at radius 1 is 1.22 bits per heavy atom. The minimum atomic E-state index is 0.235. The van der Waals surface area contributed by atoms with Crippen LogP contribution in [0.15, 0.2) is 53.2 Å². The monoisotopic (exact) mass is 452 g/mol. The van der Waals surface area contributed by atoms with Gasteiger partial charge in [0.15, 0.2) is 5.82 Å². The highest BCUT2D eigenvalue weighted by Gasteiger charge is 2.29. The Kier molecular flexibility index (Phi) is 6.02. The smallest absolute Gasteiger partial charge is 0.227 e. The molecule has 2 aromatic heterocycles. The van der Waals surface area contributed by atoms with Crippen molar-refractivity contribution >= 4 is 28.9 Å². The topological polar surface area (TPSA) is 70.3 Å². The van der Waals surface area contributed by atoms with Crippen LogP contribution < -0.4 is 10.2 Å². The maximum atomic E-state index is 6.46. The largest absolute Gasteiger partial charge is 0.364 e. The molecular formula is C24H29ClN6O. The second-order valence-corrected chi connectivity index (χ2v) is 9.31. The Morgan fingerprint density at radius 3 is 2.81 bits per heavy atom. The third kappa shape index (κ3) is 4.32. The second kappa shape index (κ2) is 9.08. The molecule has 5 rings (SSSR count). The highest BCUT2D eigenvalue weighted by molar-refractivity contribution is 6.32. The van der Waals surface area contributed by atoms with Crippen molar-refractivity contribution in [2.75, 3.05) is 36.9 Å². The summed E-state index contributed by atoms with van der Waals surface area (Å²) in [6.07, 6.45) is 17.7. The van der Waals surface area contributed by atoms with E-state index in [1.807, 2.05) is 0 Å². The molecule has 2 aromatic rings. The van der Waals surface area contributed by atoms with Crippen molar-refractivity contribution in [3.63, 3.8) is 0 Å². The van der Waals surface area contributed by atoms with Crippen LogP contribution in [0.1, 0.15) is 31.7 Å². The lowest BCUT2D eigenvalue weighted by atomic mass is 9.86. The normalized spacial score (nSPS) is 24.2. The van der Waals surface area contributed by atoms with Gasteiger partial charge in [-0.15, -0.1) is 0 Å². The molecule has 32 heavy (non-hydrogen) atoms. The lowest BCUT2D eigenvalue weighted by molar-refractivity contribution is 0.272. The van der Waals surface area contributed by atoms with Crippen LogP contribution in [0, 0.1) is 11.8 Å². The maximum Gasteiger partial charge on any atom is 0.227 e. The Morgan fingerprint density at radius 2 is 2.06 bits per heavy atom. The van der Waals surface area contributed by atoms with Gasteiger partial charge < -0.3 is 14.7 Å². The Labute approximate surface area is 193 Å². The van der Waals surface area contributed by atoms with E-state index in [2.05, 4.69) is 63.5 Å². The van der Waals surface area contributed by atoms with Crippen LogP contribution in [0.4, 0.5) is 11.8 Å². The summed E-state index contributed by atoms with van der Waals surface area (Å²) in [4.78, 5) is 13.9. The van der Waals surface area contributed by atoms with Gasteiger partial charge >= 0.3 is 0 Å². The Bertz CT molecular complexity index is 1040. The van der Waals surface area contributed by atoms with E-state index in [1.54, 1.807) is 18.7 Å². The first-order valence-electron chi connectivity index (χ1n) is 11.4. The van der Waals surface area contributed by atoms with Gasteiger partial charge in [0.05, 0.1) is 12.4 Å². The number of piperidine rings is 1. The molecule has 3 aliphatic rings. The molecule has 7 nitrogen and oxygen atoms in total. The van der Waals surface area contributed by atoms with Crippen molar-refractivity contribution in [1.29, 1.82) is 0 Å². The summed E-state index contributed by atoms with van der Waals surface area (Å²) in [6, 6.07) is 0.320. The molecule has 0 radical (unpaired) electrons. The van der Waals surface area contributed by atoms with E-state index in [9.17, 15) is 0 Å². The highest BCUT2D eigenvalue weighted by Crippen LogP contribution is 2.33. The first-order valence-corrected chi connectivity index (χ1v) is 11.7. The van der Waals surface area contributed by atoms with Crippen molar-refractivity contribution in [2.24, 2.45) is 11.8 Å². The van der Waals surface area contributed by atoms with E-state index in [4.69, 9.17) is 21.1 Å². The van der Waals surface area contributed by atoms with Crippen LogP contribution in [0.5, 0.6) is 0 Å². The third-order valence-electron chi connectivity index (χ3n) is 6.83. The molecule has 1 fully saturated rings. The minimum Gasteiger partial charge on any atom is -0.364 e. The van der Waals surface area contributed by atoms with E-state index in [1.165, 1.54) is 24.8 Å². The average molecular weight is 453 g/mol. The van der Waals surface area contributed by atoms with Crippen molar-refractivity contribution < 1.29 is 4.52 Å². The second-order valence-electron chi connectivity index (χ2n) is 8.90. The van der Waals surface area contributed by atoms with Crippen LogP contribution >= 0.6 is 11.6 Å². The van der Waals surface area contributed by atoms with Crippen molar-refractivity contribution in [1.82, 2.24) is 20.0 Å². The van der Waals surface area contributed by atoms with Crippen molar-refractivity contribution in [3.8, 4) is 0 Å². The summed E-state index contributed by atoms with van der Waals surface area (Å²) >= 11 is 6.46. The molecule has 0 saturated carbocycles. The van der Waals surface area contributed by atoms with Crippen LogP contribution in [-0.2, 0) is 0 Å². The van der Waals surface area contributed by atoms with Gasteiger partial charge in [0.2, 0.25) is 5.95 Å². The number of likely N-dealkylation sites (N-methyl/N-ethyl adjacent to an activating group) is 1. The molecule has 1 aliphatic carbocycles. The fourth-order valence-corrected chi connectivity index (χ4v) is 4.99. The van der Waals surface area contributed by atoms with Gasteiger partial charge in [-0.3, -0.25) is 4.90 Å². The molecule has 2 atom stereocenters. The fourth-order valence-electron chi connectivity index (χ4n) is 4.85. The molecule has 0 bridgehead atoms. The summed E-state index contributed by atoms with van der Waals surface area (Å²) in [7, 11) is 2.14. The van der Waals surface area contributed by atoms with Crippen molar-refractivity contribution in [2.45, 2.75) is 32.2 Å². The van der Waals surface area contributed by atoms with Crippen LogP contribution in [0.25, 0.3) is 5.57 Å². The molecule has 8 heteroatoms. The fraction of sp³-hybridized carbons (Fsp3) is 0.458. The lowest BCUT2D eigenvalue weighted by Gasteiger charge is -2.37. The highest BCUT2D eigenvalue weighted by atomic mass is 35.5. The van der Waals surface area contributed by atoms with E-state index >= 15 is 0 Å². The molecule has 1 saturated heterocycles. The van der Waals surface area contributed by atoms with E-state index in [0.29, 0.717) is 16.9 Å². The van der Waals surface area contributed by atoms with Gasteiger partial charge in [-0.05, 0) is 37.5 Å². The predicted octanol–water partition coefficient (Wildman–Crippen LogP) is 4.62. The van der Waals surface area contributed by atoms with E-state index in [-0.39, 0.29) is 5.92 Å². The summed E-state index contributed by atoms with van der Waals surface area (Å²) in [5, 5.41) is 7.81. The molecular weight excluding hydrogens is 424 g/mol. The molecule has 4 heterocycles. The zero-order valence-electron chi connectivity index (χ0n) is 18.5. The number of hydrogen-bond acceptors (Lipinski definition) is 7. The standard InChI is InChI=1S/C24H29ClN6O/c1-3-16-6-8-31(9-7-16)24-26-13-21(25)23(29-24)28-20-4-5-22-17(11-20)10-18(14-30(22)2)19-12-27-32-15-19/h4-5,10-13,15-17,22H,3,6-9,14H2,1-2H3,(H,26,28,29). The molecule has 2 aliphatic heterocycles. The first kappa shape index (κ1) is 21.2. The number of rotatable bonds is 5. The number of anilines is 2. The number of nitrogens with one attached hydrogen (secondary N) is 1. The quantitative estimate of drug-likeness (QED) is 0.709. The number of hydrogen-bond donors (Lipinski definition) is 1. The zero-order chi connectivity index (χ0) is 22.1. The third-order valence-corrected chi connectivity index (χ3v) is 7.11. The SMILES string of the molecule is CCC1CCN(c2ncc(Cl)c(NC3=CC4C=C(c5cnoc5)CN(C)C4C=C3)n2)CC1. The van der Waals surface area contributed by atoms with Gasteiger partial charge in [-0.25, -0.2) is 4.98 Å². The first-order chi connectivity index (χ1) is 15.6. The average Bonchev–Trinajstić information content (AvgIpc) is 3.35. The van der Waals surface area contributed by atoms with Crippen LogP contribution in [0.2, 0.25) is 5.02 Å². The van der Waals surface area contributed by atoms with Crippen molar-refractivity contribution in [3.05, 3.63) is 59.2 Å². The number of fused-ring (bicyclic) bond motifs is 1. The predicted molar refractivity (Wildman–Crippen MR) is 128 cm³/mol. The van der Waals surface area contributed by atoms with E-state index < -0.39 is 0 Å². The van der Waals surface area contributed by atoms with Gasteiger partial charge in [-0.1, -0.05) is 48.3 Å². The van der Waals surface area contributed by atoms with Gasteiger partial charge in [0.25, 0.3) is 0 Å². The molecule has 1 N–H and O–H groups in total. The summed E-state index contributed by atoms with van der Waals surface area (Å²) in [5.41, 5.74) is 3.24. The molecule has 0 amide bonds. The number of nitrogens with zero attached hydrogens (tertiary/aromatic N) is 5. The molecule has 2 unspecified atom stereocenters. The zero-order valence-corrected chi connectivity index (χ0v) is 19.3. The summed E-state index contributed by atoms with van der Waals surface area (Å²) in [5.74, 6) is 2.44. The number of halogens is 1. The van der Waals surface area contributed by atoms with Gasteiger partial charge in [0.1, 0.15) is 11.3 Å². The maximum absolute atomic E-state index is 6.46. The lowest BCUT2D eigenvalue weighted by Crippen LogP contribution is -2.41. The van der Waals surface area contributed by atoms with Gasteiger partial charge in [-0.2, -0.15) is 4.98 Å². The Hall–Kier alpha value is -2.64. The van der Waals surface area contributed by atoms with Crippen LogP contribution in [-0.4, -0.2) is 52.7 Å².